The van der Waals surface area contributed by atoms with Crippen LogP contribution in [0.3, 0.4) is 0 Å². The van der Waals surface area contributed by atoms with E-state index in [4.69, 9.17) is 10.5 Å². The quantitative estimate of drug-likeness (QED) is 0.805. The summed E-state index contributed by atoms with van der Waals surface area (Å²) >= 11 is 0. The number of benzene rings is 1. The molecule has 0 aromatic heterocycles. The fourth-order valence-corrected chi connectivity index (χ4v) is 1.53. The Labute approximate surface area is 112 Å². The first-order chi connectivity index (χ1) is 9.13. The maximum absolute atomic E-state index is 11.8. The first-order valence-corrected chi connectivity index (χ1v) is 5.78. The minimum Gasteiger partial charge on any atom is -0.360 e. The van der Waals surface area contributed by atoms with Crippen molar-refractivity contribution in [2.24, 2.45) is 0 Å². The molecule has 0 saturated heterocycles. The summed E-state index contributed by atoms with van der Waals surface area (Å²) in [4.78, 5) is 11.8. The SMILES string of the molecule is CCNC(=O)c1cccc(NC=C(C#N)C#N)c1C. The van der Waals surface area contributed by atoms with Crippen LogP contribution in [0.4, 0.5) is 5.69 Å². The van der Waals surface area contributed by atoms with E-state index in [0.29, 0.717) is 17.8 Å². The van der Waals surface area contributed by atoms with E-state index >= 15 is 0 Å². The lowest BCUT2D eigenvalue weighted by atomic mass is 10.1. The molecule has 0 aliphatic rings. The van der Waals surface area contributed by atoms with Crippen LogP contribution < -0.4 is 10.6 Å². The molecular formula is C14H14N4O. The number of hydrogen-bond donors (Lipinski definition) is 2. The molecule has 0 atom stereocenters. The Bertz CT molecular complexity index is 574. The van der Waals surface area contributed by atoms with Crippen LogP contribution in [-0.2, 0) is 0 Å². The van der Waals surface area contributed by atoms with Crippen molar-refractivity contribution in [2.75, 3.05) is 11.9 Å². The molecule has 0 aliphatic carbocycles. The molecular weight excluding hydrogens is 240 g/mol. The molecule has 5 heteroatoms. The van der Waals surface area contributed by atoms with E-state index in [2.05, 4.69) is 10.6 Å². The first-order valence-electron chi connectivity index (χ1n) is 5.78. The molecule has 0 spiro atoms. The number of hydrogen-bond acceptors (Lipinski definition) is 4. The standard InChI is InChI=1S/C14H14N4O/c1-3-17-14(19)12-5-4-6-13(10(12)2)18-9-11(7-15)8-16/h4-6,9,18H,3H2,1-2H3,(H,17,19). The fourth-order valence-electron chi connectivity index (χ4n) is 1.53. The molecule has 1 aromatic carbocycles. The number of rotatable bonds is 4. The molecule has 0 aliphatic heterocycles. The van der Waals surface area contributed by atoms with Gasteiger partial charge in [-0.05, 0) is 31.5 Å². The maximum atomic E-state index is 11.8. The maximum Gasteiger partial charge on any atom is 0.251 e. The third-order valence-electron chi connectivity index (χ3n) is 2.53. The lowest BCUT2D eigenvalue weighted by Gasteiger charge is -2.10. The second-order valence-electron chi connectivity index (χ2n) is 3.76. The molecule has 0 radical (unpaired) electrons. The molecule has 1 rings (SSSR count). The van der Waals surface area contributed by atoms with Crippen molar-refractivity contribution >= 4 is 11.6 Å². The van der Waals surface area contributed by atoms with Gasteiger partial charge in [0.1, 0.15) is 17.7 Å². The Morgan fingerprint density at radius 2 is 2.05 bits per heavy atom. The molecule has 0 heterocycles. The Kier molecular flexibility index (Phi) is 5.13. The van der Waals surface area contributed by atoms with Crippen molar-refractivity contribution in [3.8, 4) is 12.1 Å². The van der Waals surface area contributed by atoms with Crippen LogP contribution in [0.25, 0.3) is 0 Å². The average molecular weight is 254 g/mol. The van der Waals surface area contributed by atoms with Crippen LogP contribution in [0.1, 0.15) is 22.8 Å². The Morgan fingerprint density at radius 1 is 1.37 bits per heavy atom. The topological polar surface area (TPSA) is 88.7 Å². The van der Waals surface area contributed by atoms with Crippen molar-refractivity contribution in [2.45, 2.75) is 13.8 Å². The second kappa shape index (κ2) is 6.83. The van der Waals surface area contributed by atoms with Gasteiger partial charge in [0.05, 0.1) is 0 Å². The molecule has 0 fully saturated rings. The Hall–Kier alpha value is -2.79. The van der Waals surface area contributed by atoms with E-state index in [9.17, 15) is 4.79 Å². The van der Waals surface area contributed by atoms with Crippen molar-refractivity contribution in [3.63, 3.8) is 0 Å². The summed E-state index contributed by atoms with van der Waals surface area (Å²) in [6.45, 7) is 4.21. The molecule has 2 N–H and O–H groups in total. The number of amides is 1. The lowest BCUT2D eigenvalue weighted by molar-refractivity contribution is 0.0955. The zero-order valence-electron chi connectivity index (χ0n) is 10.8. The van der Waals surface area contributed by atoms with Gasteiger partial charge in [-0.2, -0.15) is 10.5 Å². The molecule has 96 valence electrons. The van der Waals surface area contributed by atoms with Crippen molar-refractivity contribution < 1.29 is 4.79 Å². The van der Waals surface area contributed by atoms with Gasteiger partial charge in [0, 0.05) is 24.0 Å². The molecule has 1 amide bonds. The van der Waals surface area contributed by atoms with E-state index in [-0.39, 0.29) is 11.5 Å². The van der Waals surface area contributed by atoms with E-state index in [0.717, 1.165) is 5.56 Å². The van der Waals surface area contributed by atoms with Crippen LogP contribution in [0.2, 0.25) is 0 Å². The molecule has 19 heavy (non-hydrogen) atoms. The number of anilines is 1. The van der Waals surface area contributed by atoms with Gasteiger partial charge in [0.2, 0.25) is 0 Å². The van der Waals surface area contributed by atoms with Crippen molar-refractivity contribution in [1.29, 1.82) is 10.5 Å². The van der Waals surface area contributed by atoms with E-state index in [1.165, 1.54) is 6.20 Å². The summed E-state index contributed by atoms with van der Waals surface area (Å²) < 4.78 is 0. The third-order valence-corrected chi connectivity index (χ3v) is 2.53. The first kappa shape index (κ1) is 14.3. The van der Waals surface area contributed by atoms with Gasteiger partial charge in [0.15, 0.2) is 0 Å². The van der Waals surface area contributed by atoms with Crippen molar-refractivity contribution in [1.82, 2.24) is 5.32 Å². The van der Waals surface area contributed by atoms with Gasteiger partial charge >= 0.3 is 0 Å². The molecule has 0 saturated carbocycles. The van der Waals surface area contributed by atoms with Crippen LogP contribution in [-0.4, -0.2) is 12.5 Å². The third kappa shape index (κ3) is 3.58. The largest absolute Gasteiger partial charge is 0.360 e. The number of carbonyl (C=O) groups is 1. The Morgan fingerprint density at radius 3 is 2.63 bits per heavy atom. The molecule has 0 bridgehead atoms. The summed E-state index contributed by atoms with van der Waals surface area (Å²) in [5, 5.41) is 22.9. The summed E-state index contributed by atoms with van der Waals surface area (Å²) in [7, 11) is 0. The van der Waals surface area contributed by atoms with Gasteiger partial charge in [0.25, 0.3) is 5.91 Å². The minimum absolute atomic E-state index is 0.0252. The summed E-state index contributed by atoms with van der Waals surface area (Å²) in [6, 6.07) is 8.76. The van der Waals surface area contributed by atoms with Crippen LogP contribution >= 0.6 is 0 Å². The predicted octanol–water partition coefficient (Wildman–Crippen LogP) is 2.09. The molecule has 1 aromatic rings. The van der Waals surface area contributed by atoms with Crippen LogP contribution in [0.5, 0.6) is 0 Å². The zero-order chi connectivity index (χ0) is 14.3. The monoisotopic (exact) mass is 254 g/mol. The van der Waals surface area contributed by atoms with Crippen molar-refractivity contribution in [3.05, 3.63) is 41.1 Å². The lowest BCUT2D eigenvalue weighted by Crippen LogP contribution is -2.23. The van der Waals surface area contributed by atoms with Gasteiger partial charge in [-0.3, -0.25) is 4.79 Å². The second-order valence-corrected chi connectivity index (χ2v) is 3.76. The highest BCUT2D eigenvalue weighted by Gasteiger charge is 2.10. The van der Waals surface area contributed by atoms with E-state index in [1.807, 2.05) is 6.92 Å². The highest BCUT2D eigenvalue weighted by molar-refractivity contribution is 5.97. The average Bonchev–Trinajstić information content (AvgIpc) is 2.41. The zero-order valence-corrected chi connectivity index (χ0v) is 10.8. The summed E-state index contributed by atoms with van der Waals surface area (Å²) in [6.07, 6.45) is 1.32. The number of allylic oxidation sites excluding steroid dienone is 1. The predicted molar refractivity (Wildman–Crippen MR) is 72.1 cm³/mol. The van der Waals surface area contributed by atoms with E-state index < -0.39 is 0 Å². The summed E-state index contributed by atoms with van der Waals surface area (Å²) in [5.41, 5.74) is 1.99. The highest BCUT2D eigenvalue weighted by atomic mass is 16.1. The van der Waals surface area contributed by atoms with Gasteiger partial charge < -0.3 is 10.6 Å². The number of carbonyl (C=O) groups excluding carboxylic acids is 1. The minimum atomic E-state index is -0.145. The molecule has 0 unspecified atom stereocenters. The van der Waals surface area contributed by atoms with Crippen LogP contribution in [0.15, 0.2) is 30.0 Å². The number of nitrogens with zero attached hydrogens (tertiary/aromatic N) is 2. The van der Waals surface area contributed by atoms with Gasteiger partial charge in [-0.1, -0.05) is 6.07 Å². The van der Waals surface area contributed by atoms with Gasteiger partial charge in [-0.25, -0.2) is 0 Å². The summed E-state index contributed by atoms with van der Waals surface area (Å²) in [5.74, 6) is -0.145. The molecule has 5 nitrogen and oxygen atoms in total. The Balaban J connectivity index is 3.03. The normalized spacial score (nSPS) is 8.84. The highest BCUT2D eigenvalue weighted by Crippen LogP contribution is 2.19. The smallest absolute Gasteiger partial charge is 0.251 e. The van der Waals surface area contributed by atoms with E-state index in [1.54, 1.807) is 37.3 Å². The van der Waals surface area contributed by atoms with Crippen LogP contribution in [0, 0.1) is 29.6 Å². The number of nitriles is 2. The fraction of sp³-hybridized carbons (Fsp3) is 0.214. The number of nitrogens with one attached hydrogen (secondary N) is 2. The van der Waals surface area contributed by atoms with Gasteiger partial charge in [-0.15, -0.1) is 0 Å².